The van der Waals surface area contributed by atoms with Crippen LogP contribution in [0.3, 0.4) is 0 Å². The molecule has 4 nitrogen and oxygen atoms in total. The number of aryl methyl sites for hydroxylation is 1. The highest BCUT2D eigenvalue weighted by Crippen LogP contribution is 2.09. The molecule has 1 aromatic carbocycles. The molecular formula is C10H11O4S-. The quantitative estimate of drug-likeness (QED) is 0.569. The van der Waals surface area contributed by atoms with E-state index < -0.39 is 11.1 Å². The second-order valence-corrected chi connectivity index (χ2v) is 3.90. The fraction of sp³-hybridized carbons (Fsp3) is 0.300. The van der Waals surface area contributed by atoms with Crippen LogP contribution in [-0.2, 0) is 27.0 Å². The molecule has 0 aromatic heterocycles. The largest absolute Gasteiger partial charge is 0.768 e. The van der Waals surface area contributed by atoms with Crippen LogP contribution < -0.4 is 0 Å². The Morgan fingerprint density at radius 3 is 2.47 bits per heavy atom. The smallest absolute Gasteiger partial charge is 0.305 e. The summed E-state index contributed by atoms with van der Waals surface area (Å²) in [6.45, 7) is 0. The number of carbonyl (C=O) groups excluding carboxylic acids is 1. The number of rotatable bonds is 4. The van der Waals surface area contributed by atoms with Gasteiger partial charge < -0.3 is 9.29 Å². The average Bonchev–Trinajstić information content (AvgIpc) is 2.26. The molecule has 0 saturated heterocycles. The third-order valence-corrected chi connectivity index (χ3v) is 2.62. The first kappa shape index (κ1) is 11.9. The monoisotopic (exact) mass is 227 g/mol. The topological polar surface area (TPSA) is 66.4 Å². The van der Waals surface area contributed by atoms with Crippen LogP contribution in [0.4, 0.5) is 0 Å². The van der Waals surface area contributed by atoms with E-state index in [9.17, 15) is 13.6 Å². The molecule has 1 aromatic rings. The Hall–Kier alpha value is -1.20. The molecule has 0 spiro atoms. The van der Waals surface area contributed by atoms with Crippen molar-refractivity contribution in [2.24, 2.45) is 0 Å². The Morgan fingerprint density at radius 2 is 2.00 bits per heavy atom. The molecule has 1 unspecified atom stereocenters. The Kier molecular flexibility index (Phi) is 4.45. The van der Waals surface area contributed by atoms with Crippen molar-refractivity contribution in [1.29, 1.82) is 0 Å². The highest BCUT2D eigenvalue weighted by Gasteiger charge is 2.01. The molecule has 0 fully saturated rings. The number of hydrogen-bond acceptors (Lipinski definition) is 4. The van der Waals surface area contributed by atoms with Crippen LogP contribution in [0.25, 0.3) is 0 Å². The highest BCUT2D eigenvalue weighted by molar-refractivity contribution is 7.79. The Morgan fingerprint density at radius 1 is 1.40 bits per heavy atom. The lowest BCUT2D eigenvalue weighted by molar-refractivity contribution is -0.140. The zero-order chi connectivity index (χ0) is 11.3. The van der Waals surface area contributed by atoms with E-state index in [0.717, 1.165) is 5.56 Å². The van der Waals surface area contributed by atoms with Crippen LogP contribution in [0.5, 0.6) is 0 Å². The van der Waals surface area contributed by atoms with E-state index in [1.54, 1.807) is 12.1 Å². The van der Waals surface area contributed by atoms with Crippen molar-refractivity contribution in [3.8, 4) is 0 Å². The normalized spacial score (nSPS) is 12.1. The summed E-state index contributed by atoms with van der Waals surface area (Å²) in [6.07, 6.45) is 0.856. The second kappa shape index (κ2) is 5.63. The van der Waals surface area contributed by atoms with Crippen molar-refractivity contribution in [3.63, 3.8) is 0 Å². The number of carbonyl (C=O) groups is 1. The predicted molar refractivity (Wildman–Crippen MR) is 54.0 cm³/mol. The summed E-state index contributed by atoms with van der Waals surface area (Å²) in [5, 5.41) is 0. The van der Waals surface area contributed by atoms with Gasteiger partial charge >= 0.3 is 5.97 Å². The lowest BCUT2D eigenvalue weighted by Gasteiger charge is -2.05. The maximum atomic E-state index is 10.8. The minimum Gasteiger partial charge on any atom is -0.768 e. The highest BCUT2D eigenvalue weighted by atomic mass is 32.2. The fourth-order valence-electron chi connectivity index (χ4n) is 1.12. The van der Waals surface area contributed by atoms with Crippen LogP contribution in [0.1, 0.15) is 12.0 Å². The maximum absolute atomic E-state index is 10.8. The molecule has 1 rings (SSSR count). The fourth-order valence-corrected chi connectivity index (χ4v) is 1.47. The van der Waals surface area contributed by atoms with Crippen LogP contribution in [0, 0.1) is 0 Å². The van der Waals surface area contributed by atoms with E-state index in [1.807, 2.05) is 0 Å². The van der Waals surface area contributed by atoms with Gasteiger partial charge in [-0.1, -0.05) is 12.1 Å². The van der Waals surface area contributed by atoms with Crippen LogP contribution in [0.15, 0.2) is 29.2 Å². The summed E-state index contributed by atoms with van der Waals surface area (Å²) in [6, 6.07) is 6.40. The third-order valence-electron chi connectivity index (χ3n) is 1.96. The molecule has 15 heavy (non-hydrogen) atoms. The molecular weight excluding hydrogens is 216 g/mol. The van der Waals surface area contributed by atoms with Gasteiger partial charge in [0.25, 0.3) is 0 Å². The average molecular weight is 227 g/mol. The van der Waals surface area contributed by atoms with Gasteiger partial charge in [0, 0.05) is 11.3 Å². The molecule has 0 N–H and O–H groups in total. The second-order valence-electron chi connectivity index (χ2n) is 2.95. The zero-order valence-electron chi connectivity index (χ0n) is 8.26. The first-order valence-electron chi connectivity index (χ1n) is 4.38. The summed E-state index contributed by atoms with van der Waals surface area (Å²) in [5.41, 5.74) is 0.912. The van der Waals surface area contributed by atoms with E-state index in [1.165, 1.54) is 19.2 Å². The zero-order valence-corrected chi connectivity index (χ0v) is 9.08. The Balaban J connectivity index is 2.57. The molecule has 0 bridgehead atoms. The van der Waals surface area contributed by atoms with Gasteiger partial charge in [0.2, 0.25) is 0 Å². The van der Waals surface area contributed by atoms with Gasteiger partial charge in [0.1, 0.15) is 0 Å². The van der Waals surface area contributed by atoms with Crippen LogP contribution in [-0.4, -0.2) is 21.8 Å². The molecule has 0 heterocycles. The lowest BCUT2D eigenvalue weighted by atomic mass is 10.1. The minimum absolute atomic E-state index is 0.247. The molecule has 0 saturated carbocycles. The molecule has 0 amide bonds. The lowest BCUT2D eigenvalue weighted by Crippen LogP contribution is -2.01. The van der Waals surface area contributed by atoms with Gasteiger partial charge in [-0.05, 0) is 35.2 Å². The van der Waals surface area contributed by atoms with Gasteiger partial charge in [0.15, 0.2) is 0 Å². The SMILES string of the molecule is COC(=O)CCc1ccc(S(=O)[O-])cc1. The summed E-state index contributed by atoms with van der Waals surface area (Å²) in [4.78, 5) is 11.1. The summed E-state index contributed by atoms with van der Waals surface area (Å²) < 4.78 is 25.6. The van der Waals surface area contributed by atoms with Gasteiger partial charge in [0.05, 0.1) is 7.11 Å². The minimum atomic E-state index is -2.19. The Labute approximate surface area is 90.5 Å². The number of methoxy groups -OCH3 is 1. The van der Waals surface area contributed by atoms with Gasteiger partial charge in [-0.15, -0.1) is 0 Å². The first-order valence-corrected chi connectivity index (χ1v) is 5.46. The van der Waals surface area contributed by atoms with Crippen molar-refractivity contribution in [2.45, 2.75) is 17.7 Å². The molecule has 0 radical (unpaired) electrons. The molecule has 82 valence electrons. The van der Waals surface area contributed by atoms with Crippen molar-refractivity contribution < 1.29 is 18.3 Å². The Bertz CT molecular complexity index is 358. The molecule has 0 aliphatic rings. The van der Waals surface area contributed by atoms with E-state index in [-0.39, 0.29) is 10.9 Å². The van der Waals surface area contributed by atoms with Crippen molar-refractivity contribution in [1.82, 2.24) is 0 Å². The summed E-state index contributed by atoms with van der Waals surface area (Å²) in [7, 11) is 1.34. The third kappa shape index (κ3) is 3.81. The van der Waals surface area contributed by atoms with Crippen molar-refractivity contribution in [3.05, 3.63) is 29.8 Å². The van der Waals surface area contributed by atoms with Crippen molar-refractivity contribution >= 4 is 17.0 Å². The van der Waals surface area contributed by atoms with E-state index in [4.69, 9.17) is 0 Å². The predicted octanol–water partition coefficient (Wildman–Crippen LogP) is 1.03. The molecule has 0 aliphatic heterocycles. The first-order chi connectivity index (χ1) is 7.13. The van der Waals surface area contributed by atoms with Gasteiger partial charge in [-0.25, -0.2) is 0 Å². The maximum Gasteiger partial charge on any atom is 0.305 e. The summed E-state index contributed by atoms with van der Waals surface area (Å²) in [5.74, 6) is -0.272. The molecule has 1 atom stereocenters. The number of ether oxygens (including phenoxy) is 1. The number of esters is 1. The standard InChI is InChI=1S/C10H12O4S/c1-14-10(11)7-4-8-2-5-9(6-3-8)15(12)13/h2-3,5-6H,4,7H2,1H3,(H,12,13)/p-1. The summed E-state index contributed by atoms with van der Waals surface area (Å²) >= 11 is -2.19. The van der Waals surface area contributed by atoms with Gasteiger partial charge in [-0.2, -0.15) is 0 Å². The number of benzene rings is 1. The van der Waals surface area contributed by atoms with Crippen molar-refractivity contribution in [2.75, 3.05) is 7.11 Å². The van der Waals surface area contributed by atoms with E-state index >= 15 is 0 Å². The number of hydrogen-bond donors (Lipinski definition) is 0. The van der Waals surface area contributed by atoms with Gasteiger partial charge in [-0.3, -0.25) is 9.00 Å². The molecule has 5 heteroatoms. The van der Waals surface area contributed by atoms with E-state index in [2.05, 4.69) is 4.74 Å². The van der Waals surface area contributed by atoms with E-state index in [0.29, 0.717) is 12.8 Å². The molecule has 0 aliphatic carbocycles. The van der Waals surface area contributed by atoms with Crippen LogP contribution >= 0.6 is 0 Å². The van der Waals surface area contributed by atoms with Crippen LogP contribution in [0.2, 0.25) is 0 Å².